The van der Waals surface area contributed by atoms with Gasteiger partial charge in [0, 0.05) is 44.2 Å². The smallest absolute Gasteiger partial charge is 0.156 e. The molecule has 0 saturated carbocycles. The van der Waals surface area contributed by atoms with E-state index in [0.717, 1.165) is 60.1 Å². The second-order valence-corrected chi connectivity index (χ2v) is 8.03. The molecule has 31 heavy (non-hydrogen) atoms. The highest BCUT2D eigenvalue weighted by atomic mass is 19.1. The SMILES string of the molecule is Cn1cc(-c2nc3cnccc3nc2N2CCC(Cc3ccc(F)cc3F)CC2)cn1. The topological polar surface area (TPSA) is 59.7 Å². The third-order valence-corrected chi connectivity index (χ3v) is 5.86. The molecule has 4 heterocycles. The summed E-state index contributed by atoms with van der Waals surface area (Å²) in [6, 6.07) is 5.71. The van der Waals surface area contributed by atoms with Crippen LogP contribution in [-0.2, 0) is 13.5 Å². The first-order valence-electron chi connectivity index (χ1n) is 10.4. The summed E-state index contributed by atoms with van der Waals surface area (Å²) in [6.07, 6.45) is 9.58. The van der Waals surface area contributed by atoms with Crippen molar-refractivity contribution in [1.82, 2.24) is 24.7 Å². The molecule has 0 aliphatic carbocycles. The molecule has 1 saturated heterocycles. The monoisotopic (exact) mass is 420 g/mol. The molecule has 0 N–H and O–H groups in total. The van der Waals surface area contributed by atoms with Gasteiger partial charge in [0.05, 0.1) is 17.9 Å². The van der Waals surface area contributed by atoms with Crippen LogP contribution in [0.1, 0.15) is 18.4 Å². The molecule has 3 aromatic heterocycles. The number of nitrogens with zero attached hydrogens (tertiary/aromatic N) is 6. The minimum atomic E-state index is -0.538. The lowest BCUT2D eigenvalue weighted by Gasteiger charge is -2.33. The summed E-state index contributed by atoms with van der Waals surface area (Å²) < 4.78 is 29.0. The van der Waals surface area contributed by atoms with Gasteiger partial charge in [0.15, 0.2) is 5.82 Å². The molecule has 1 aliphatic heterocycles. The van der Waals surface area contributed by atoms with Crippen LogP contribution in [0.2, 0.25) is 0 Å². The number of rotatable bonds is 4. The molecule has 0 spiro atoms. The number of halogens is 2. The van der Waals surface area contributed by atoms with Gasteiger partial charge in [-0.3, -0.25) is 9.67 Å². The molecule has 0 atom stereocenters. The Bertz CT molecular complexity index is 1230. The molecular weight excluding hydrogens is 398 g/mol. The fourth-order valence-corrected chi connectivity index (χ4v) is 4.20. The number of hydrogen-bond donors (Lipinski definition) is 0. The Morgan fingerprint density at radius 3 is 2.61 bits per heavy atom. The number of anilines is 1. The summed E-state index contributed by atoms with van der Waals surface area (Å²) in [5.74, 6) is 0.174. The van der Waals surface area contributed by atoms with Crippen molar-refractivity contribution in [1.29, 1.82) is 0 Å². The summed E-state index contributed by atoms with van der Waals surface area (Å²) in [5, 5.41) is 4.29. The number of benzene rings is 1. The van der Waals surface area contributed by atoms with Gasteiger partial charge in [0.2, 0.25) is 0 Å². The van der Waals surface area contributed by atoms with E-state index in [9.17, 15) is 8.78 Å². The Morgan fingerprint density at radius 1 is 1.03 bits per heavy atom. The molecule has 5 rings (SSSR count). The summed E-state index contributed by atoms with van der Waals surface area (Å²) in [4.78, 5) is 16.1. The average Bonchev–Trinajstić information content (AvgIpc) is 3.21. The Morgan fingerprint density at radius 2 is 1.87 bits per heavy atom. The van der Waals surface area contributed by atoms with Crippen molar-refractivity contribution >= 4 is 16.9 Å². The summed E-state index contributed by atoms with van der Waals surface area (Å²) >= 11 is 0. The van der Waals surface area contributed by atoms with Gasteiger partial charge < -0.3 is 4.90 Å². The van der Waals surface area contributed by atoms with Crippen LogP contribution in [0.25, 0.3) is 22.3 Å². The minimum Gasteiger partial charge on any atom is -0.355 e. The summed E-state index contributed by atoms with van der Waals surface area (Å²) in [5.41, 5.74) is 3.82. The highest BCUT2D eigenvalue weighted by Gasteiger charge is 2.25. The van der Waals surface area contributed by atoms with Gasteiger partial charge >= 0.3 is 0 Å². The normalized spacial score (nSPS) is 15.0. The van der Waals surface area contributed by atoms with Crippen LogP contribution in [-0.4, -0.2) is 37.8 Å². The van der Waals surface area contributed by atoms with Crippen molar-refractivity contribution in [3.8, 4) is 11.3 Å². The van der Waals surface area contributed by atoms with Crippen molar-refractivity contribution < 1.29 is 8.78 Å². The third kappa shape index (κ3) is 3.97. The number of fused-ring (bicyclic) bond motifs is 1. The van der Waals surface area contributed by atoms with Gasteiger partial charge in [-0.1, -0.05) is 6.07 Å². The Labute approximate surface area is 178 Å². The quantitative estimate of drug-likeness (QED) is 0.496. The number of piperidine rings is 1. The van der Waals surface area contributed by atoms with Crippen LogP contribution in [0.4, 0.5) is 14.6 Å². The van der Waals surface area contributed by atoms with Gasteiger partial charge in [-0.2, -0.15) is 5.10 Å². The van der Waals surface area contributed by atoms with E-state index in [4.69, 9.17) is 9.97 Å². The van der Waals surface area contributed by atoms with Crippen molar-refractivity contribution in [3.05, 3.63) is 66.3 Å². The third-order valence-electron chi connectivity index (χ3n) is 5.86. The van der Waals surface area contributed by atoms with Gasteiger partial charge in [0.25, 0.3) is 0 Å². The standard InChI is InChI=1S/C23H22F2N6/c1-30-14-17(12-27-30)22-23(29-20-4-7-26-13-21(20)28-22)31-8-5-15(6-9-31)10-16-2-3-18(24)11-19(16)25/h2-4,7,11-15H,5-6,8-10H2,1H3. The average molecular weight is 420 g/mol. The fraction of sp³-hybridized carbons (Fsp3) is 0.304. The zero-order valence-electron chi connectivity index (χ0n) is 17.2. The molecule has 0 radical (unpaired) electrons. The second-order valence-electron chi connectivity index (χ2n) is 8.03. The zero-order valence-corrected chi connectivity index (χ0v) is 17.2. The molecule has 8 heteroatoms. The van der Waals surface area contributed by atoms with E-state index in [1.54, 1.807) is 29.3 Å². The second kappa shape index (κ2) is 8.02. The molecule has 1 aliphatic rings. The lowest BCUT2D eigenvalue weighted by molar-refractivity contribution is 0.396. The summed E-state index contributed by atoms with van der Waals surface area (Å²) in [7, 11) is 1.87. The van der Waals surface area contributed by atoms with Gasteiger partial charge in [-0.15, -0.1) is 0 Å². The maximum atomic E-state index is 14.1. The maximum Gasteiger partial charge on any atom is 0.156 e. The minimum absolute atomic E-state index is 0.343. The van der Waals surface area contributed by atoms with Crippen LogP contribution >= 0.6 is 0 Å². The maximum absolute atomic E-state index is 14.1. The molecular formula is C23H22F2N6. The molecule has 0 amide bonds. The van der Waals surface area contributed by atoms with Gasteiger partial charge in [0.1, 0.15) is 22.8 Å². The molecule has 158 valence electrons. The Balaban J connectivity index is 1.40. The first kappa shape index (κ1) is 19.5. The highest BCUT2D eigenvalue weighted by molar-refractivity contribution is 5.82. The van der Waals surface area contributed by atoms with Crippen LogP contribution in [0.5, 0.6) is 0 Å². The predicted molar refractivity (Wildman–Crippen MR) is 115 cm³/mol. The van der Waals surface area contributed by atoms with E-state index in [0.29, 0.717) is 17.9 Å². The van der Waals surface area contributed by atoms with Gasteiger partial charge in [-0.25, -0.2) is 18.7 Å². The highest BCUT2D eigenvalue weighted by Crippen LogP contribution is 2.33. The first-order valence-corrected chi connectivity index (χ1v) is 10.4. The van der Waals surface area contributed by atoms with Gasteiger partial charge in [-0.05, 0) is 42.9 Å². The number of aromatic nitrogens is 5. The molecule has 1 fully saturated rings. The van der Waals surface area contributed by atoms with E-state index in [1.165, 1.54) is 6.07 Å². The molecule has 0 bridgehead atoms. The molecule has 4 aromatic rings. The Kier molecular flexibility index (Phi) is 5.05. The van der Waals surface area contributed by atoms with Crippen LogP contribution in [0, 0.1) is 17.6 Å². The number of pyridine rings is 1. The van der Waals surface area contributed by atoms with E-state index in [2.05, 4.69) is 15.0 Å². The van der Waals surface area contributed by atoms with Crippen molar-refractivity contribution in [3.63, 3.8) is 0 Å². The lowest BCUT2D eigenvalue weighted by Crippen LogP contribution is -2.35. The fourth-order valence-electron chi connectivity index (χ4n) is 4.20. The molecule has 1 aromatic carbocycles. The predicted octanol–water partition coefficient (Wildman–Crippen LogP) is 4.16. The van der Waals surface area contributed by atoms with Crippen LogP contribution < -0.4 is 4.90 Å². The molecule has 0 unspecified atom stereocenters. The number of aryl methyl sites for hydroxylation is 1. The Hall–Kier alpha value is -3.42. The largest absolute Gasteiger partial charge is 0.355 e. The van der Waals surface area contributed by atoms with E-state index in [-0.39, 0.29) is 0 Å². The lowest BCUT2D eigenvalue weighted by atomic mass is 9.90. The zero-order chi connectivity index (χ0) is 21.4. The van der Waals surface area contributed by atoms with Crippen molar-refractivity contribution in [2.45, 2.75) is 19.3 Å². The van der Waals surface area contributed by atoms with Crippen LogP contribution in [0.15, 0.2) is 49.1 Å². The summed E-state index contributed by atoms with van der Waals surface area (Å²) in [6.45, 7) is 1.60. The van der Waals surface area contributed by atoms with E-state index in [1.807, 2.05) is 19.3 Å². The van der Waals surface area contributed by atoms with Crippen molar-refractivity contribution in [2.24, 2.45) is 13.0 Å². The first-order chi connectivity index (χ1) is 15.1. The van der Waals surface area contributed by atoms with E-state index < -0.39 is 11.6 Å². The molecule has 6 nitrogen and oxygen atoms in total. The van der Waals surface area contributed by atoms with Crippen molar-refractivity contribution in [2.75, 3.05) is 18.0 Å². The van der Waals surface area contributed by atoms with E-state index >= 15 is 0 Å². The number of hydrogen-bond acceptors (Lipinski definition) is 5. The van der Waals surface area contributed by atoms with Crippen LogP contribution in [0.3, 0.4) is 0 Å².